The summed E-state index contributed by atoms with van der Waals surface area (Å²) in [5, 5.41) is 8.98. The monoisotopic (exact) mass is 201 g/mol. The molecule has 1 amide bonds. The summed E-state index contributed by atoms with van der Waals surface area (Å²) in [6.07, 6.45) is 0.696. The maximum absolute atomic E-state index is 10.9. The van der Waals surface area contributed by atoms with Gasteiger partial charge in [-0.25, -0.2) is 4.79 Å². The fourth-order valence-corrected chi connectivity index (χ4v) is 1.74. The molecule has 1 fully saturated rings. The quantitative estimate of drug-likeness (QED) is 0.694. The van der Waals surface area contributed by atoms with E-state index in [1.54, 1.807) is 13.8 Å². The summed E-state index contributed by atoms with van der Waals surface area (Å²) in [5.41, 5.74) is -0.778. The molecule has 1 rings (SSSR count). The van der Waals surface area contributed by atoms with E-state index in [-0.39, 0.29) is 6.04 Å². The van der Waals surface area contributed by atoms with Crippen LogP contribution in [0.15, 0.2) is 0 Å². The van der Waals surface area contributed by atoms with Crippen molar-refractivity contribution in [3.8, 4) is 0 Å². The molecule has 0 aromatic rings. The molecule has 14 heavy (non-hydrogen) atoms. The number of hydrogen-bond acceptors (Lipinski definition) is 3. The molecule has 5 nitrogen and oxygen atoms in total. The molecule has 1 saturated heterocycles. The van der Waals surface area contributed by atoms with E-state index >= 15 is 0 Å². The van der Waals surface area contributed by atoms with E-state index in [0.29, 0.717) is 19.4 Å². The molecule has 0 aliphatic carbocycles. The van der Waals surface area contributed by atoms with Crippen LogP contribution in [0.2, 0.25) is 0 Å². The van der Waals surface area contributed by atoms with Gasteiger partial charge in [-0.3, -0.25) is 4.90 Å². The molecule has 0 aromatic heterocycles. The number of aldehydes is 1. The first-order valence-electron chi connectivity index (χ1n) is 4.59. The molecule has 0 spiro atoms. The van der Waals surface area contributed by atoms with Crippen LogP contribution >= 0.6 is 0 Å². The van der Waals surface area contributed by atoms with Crippen molar-refractivity contribution in [2.24, 2.45) is 0 Å². The van der Waals surface area contributed by atoms with Gasteiger partial charge in [-0.2, -0.15) is 0 Å². The van der Waals surface area contributed by atoms with Crippen LogP contribution in [0.4, 0.5) is 4.79 Å². The molecule has 1 atom stereocenters. The van der Waals surface area contributed by atoms with Crippen LogP contribution in [-0.4, -0.2) is 40.8 Å². The van der Waals surface area contributed by atoms with Crippen molar-refractivity contribution in [1.82, 2.24) is 4.90 Å². The van der Waals surface area contributed by atoms with Gasteiger partial charge in [-0.05, 0) is 20.3 Å². The van der Waals surface area contributed by atoms with Gasteiger partial charge in [0.1, 0.15) is 12.0 Å². The molecule has 1 aliphatic rings. The first kappa shape index (κ1) is 11.0. The Labute approximate surface area is 82.6 Å². The van der Waals surface area contributed by atoms with Gasteiger partial charge in [-0.15, -0.1) is 0 Å². The molecule has 0 saturated carbocycles. The summed E-state index contributed by atoms with van der Waals surface area (Å²) in [6.45, 7) is 3.79. The van der Waals surface area contributed by atoms with Crippen molar-refractivity contribution in [2.75, 3.05) is 6.61 Å². The Hall–Kier alpha value is -1.10. The minimum Gasteiger partial charge on any atom is -0.465 e. The van der Waals surface area contributed by atoms with Crippen molar-refractivity contribution in [2.45, 2.75) is 38.5 Å². The number of nitrogens with zero attached hydrogens (tertiary/aromatic N) is 1. The lowest BCUT2D eigenvalue weighted by molar-refractivity contribution is -0.108. The second kappa shape index (κ2) is 3.96. The topological polar surface area (TPSA) is 66.8 Å². The molecule has 1 aliphatic heterocycles. The van der Waals surface area contributed by atoms with E-state index in [0.717, 1.165) is 6.29 Å². The summed E-state index contributed by atoms with van der Waals surface area (Å²) >= 11 is 0. The Bertz CT molecular complexity index is 239. The smallest absolute Gasteiger partial charge is 0.409 e. The van der Waals surface area contributed by atoms with Crippen molar-refractivity contribution in [3.63, 3.8) is 0 Å². The third kappa shape index (κ3) is 2.04. The van der Waals surface area contributed by atoms with Crippen molar-refractivity contribution >= 4 is 12.4 Å². The highest BCUT2D eigenvalue weighted by molar-refractivity contribution is 5.66. The van der Waals surface area contributed by atoms with Crippen LogP contribution in [-0.2, 0) is 9.53 Å². The molecule has 1 N–H and O–H groups in total. The number of carboxylic acid groups (broad SMARTS) is 1. The fourth-order valence-electron chi connectivity index (χ4n) is 1.74. The Morgan fingerprint density at radius 1 is 1.71 bits per heavy atom. The average Bonchev–Trinajstić information content (AvgIpc) is 2.37. The van der Waals surface area contributed by atoms with Gasteiger partial charge in [0.15, 0.2) is 0 Å². The van der Waals surface area contributed by atoms with Gasteiger partial charge >= 0.3 is 6.09 Å². The van der Waals surface area contributed by atoms with Crippen molar-refractivity contribution in [3.05, 3.63) is 0 Å². The van der Waals surface area contributed by atoms with E-state index in [1.807, 2.05) is 0 Å². The van der Waals surface area contributed by atoms with Gasteiger partial charge < -0.3 is 14.6 Å². The molecule has 0 bridgehead atoms. The van der Waals surface area contributed by atoms with E-state index in [2.05, 4.69) is 0 Å². The first-order valence-corrected chi connectivity index (χ1v) is 4.59. The van der Waals surface area contributed by atoms with Gasteiger partial charge in [0.25, 0.3) is 0 Å². The number of hydrogen-bond donors (Lipinski definition) is 1. The predicted molar refractivity (Wildman–Crippen MR) is 49.0 cm³/mol. The lowest BCUT2D eigenvalue weighted by Crippen LogP contribution is -2.47. The summed E-state index contributed by atoms with van der Waals surface area (Å²) in [5.74, 6) is 0. The molecular formula is C9H15NO4. The fraction of sp³-hybridized carbons (Fsp3) is 0.778. The van der Waals surface area contributed by atoms with E-state index in [4.69, 9.17) is 9.84 Å². The normalized spacial score (nSPS) is 25.0. The highest BCUT2D eigenvalue weighted by Gasteiger charge is 2.43. The molecule has 5 heteroatoms. The van der Waals surface area contributed by atoms with Gasteiger partial charge in [-0.1, -0.05) is 0 Å². The number of ether oxygens (including phenoxy) is 1. The Kier molecular flexibility index (Phi) is 3.10. The highest BCUT2D eigenvalue weighted by atomic mass is 16.5. The summed E-state index contributed by atoms with van der Waals surface area (Å²) in [7, 11) is 0. The highest BCUT2D eigenvalue weighted by Crippen LogP contribution is 2.29. The second-order valence-corrected chi connectivity index (χ2v) is 3.81. The minimum atomic E-state index is -0.997. The van der Waals surface area contributed by atoms with Gasteiger partial charge in [0.05, 0.1) is 12.6 Å². The van der Waals surface area contributed by atoms with Gasteiger partial charge in [0.2, 0.25) is 0 Å². The Balaban J connectivity index is 2.68. The Morgan fingerprint density at radius 3 is 2.86 bits per heavy atom. The van der Waals surface area contributed by atoms with Crippen molar-refractivity contribution < 1.29 is 19.4 Å². The third-order valence-electron chi connectivity index (χ3n) is 2.40. The maximum atomic E-state index is 10.9. The van der Waals surface area contributed by atoms with Crippen LogP contribution in [0.25, 0.3) is 0 Å². The predicted octanol–water partition coefficient (Wildman–Crippen LogP) is 1.08. The lowest BCUT2D eigenvalue weighted by Gasteiger charge is -2.30. The molecule has 80 valence electrons. The SMILES string of the molecule is CC1(C)OC[C@H](CCC=O)N1C(=O)O. The summed E-state index contributed by atoms with van der Waals surface area (Å²) in [6, 6.07) is -0.201. The van der Waals surface area contributed by atoms with Gasteiger partial charge in [0, 0.05) is 6.42 Å². The number of amides is 1. The van der Waals surface area contributed by atoms with Crippen LogP contribution < -0.4 is 0 Å². The maximum Gasteiger partial charge on any atom is 0.409 e. The largest absolute Gasteiger partial charge is 0.465 e. The van der Waals surface area contributed by atoms with Crippen molar-refractivity contribution in [1.29, 1.82) is 0 Å². The van der Waals surface area contributed by atoms with Crippen LogP contribution in [0.1, 0.15) is 26.7 Å². The second-order valence-electron chi connectivity index (χ2n) is 3.81. The van der Waals surface area contributed by atoms with E-state index in [1.165, 1.54) is 4.90 Å². The zero-order chi connectivity index (χ0) is 10.8. The molecule has 0 unspecified atom stereocenters. The summed E-state index contributed by atoms with van der Waals surface area (Å²) in [4.78, 5) is 22.4. The number of carbonyl (C=O) groups excluding carboxylic acids is 1. The van der Waals surface area contributed by atoms with E-state index < -0.39 is 11.8 Å². The molecule has 1 heterocycles. The van der Waals surface area contributed by atoms with Crippen LogP contribution in [0, 0.1) is 0 Å². The third-order valence-corrected chi connectivity index (χ3v) is 2.40. The Morgan fingerprint density at radius 2 is 2.36 bits per heavy atom. The molecular weight excluding hydrogens is 186 g/mol. The molecule has 0 radical (unpaired) electrons. The van der Waals surface area contributed by atoms with Crippen LogP contribution in [0.3, 0.4) is 0 Å². The van der Waals surface area contributed by atoms with Crippen LogP contribution in [0.5, 0.6) is 0 Å². The summed E-state index contributed by atoms with van der Waals surface area (Å²) < 4.78 is 5.35. The first-order chi connectivity index (χ1) is 6.49. The average molecular weight is 201 g/mol. The van der Waals surface area contributed by atoms with E-state index in [9.17, 15) is 9.59 Å². The minimum absolute atomic E-state index is 0.201. The molecule has 0 aromatic carbocycles. The zero-order valence-electron chi connectivity index (χ0n) is 8.40. The lowest BCUT2D eigenvalue weighted by atomic mass is 10.1. The zero-order valence-corrected chi connectivity index (χ0v) is 8.40. The standard InChI is InChI=1S/C9H15NO4/c1-9(2)10(8(12)13)7(6-14-9)4-3-5-11/h5,7H,3-4,6H2,1-2H3,(H,12,13)/t7-/m0/s1. The number of carbonyl (C=O) groups is 2. The number of rotatable bonds is 3.